The monoisotopic (exact) mass is 255 g/mol. The first kappa shape index (κ1) is 12.3. The summed E-state index contributed by atoms with van der Waals surface area (Å²) in [6, 6.07) is 3.61. The van der Waals surface area contributed by atoms with Crippen molar-refractivity contribution in [2.24, 2.45) is 0 Å². The first-order valence-electron chi connectivity index (χ1n) is 5.35. The van der Waals surface area contributed by atoms with Crippen molar-refractivity contribution in [1.82, 2.24) is 10.2 Å². The van der Waals surface area contributed by atoms with Crippen LogP contribution in [0.5, 0.6) is 0 Å². The normalized spacial score (nSPS) is 17.0. The van der Waals surface area contributed by atoms with Crippen LogP contribution < -0.4 is 5.32 Å². The standard InChI is InChI=1S/C11H11F2N3O2/c12-9-2-1-3-10(13)8(9)6-15-5-4-14-11(15)7-16(17)18/h1-3,7,14H,4-6H2. The van der Waals surface area contributed by atoms with E-state index in [1.807, 2.05) is 0 Å². The SMILES string of the molecule is O=[N+]([O-])C=C1NCCN1Cc1c(F)cccc1F. The molecule has 1 aromatic carbocycles. The zero-order valence-electron chi connectivity index (χ0n) is 9.40. The number of halogens is 2. The van der Waals surface area contributed by atoms with Gasteiger partial charge in [-0.15, -0.1) is 0 Å². The maximum atomic E-state index is 13.5. The van der Waals surface area contributed by atoms with E-state index >= 15 is 0 Å². The molecule has 1 N–H and O–H groups in total. The number of nitrogens with zero attached hydrogens (tertiary/aromatic N) is 2. The van der Waals surface area contributed by atoms with Crippen LogP contribution in [0.15, 0.2) is 30.2 Å². The van der Waals surface area contributed by atoms with Crippen LogP contribution in [-0.2, 0) is 6.54 Å². The Bertz CT molecular complexity index is 485. The van der Waals surface area contributed by atoms with Crippen molar-refractivity contribution < 1.29 is 13.7 Å². The van der Waals surface area contributed by atoms with E-state index in [0.29, 0.717) is 13.1 Å². The first-order valence-corrected chi connectivity index (χ1v) is 5.35. The summed E-state index contributed by atoms with van der Waals surface area (Å²) in [6.07, 6.45) is 0.797. The van der Waals surface area contributed by atoms with Gasteiger partial charge in [-0.3, -0.25) is 10.1 Å². The lowest BCUT2D eigenvalue weighted by molar-refractivity contribution is -0.404. The van der Waals surface area contributed by atoms with Crippen LogP contribution in [0.4, 0.5) is 8.78 Å². The van der Waals surface area contributed by atoms with Gasteiger partial charge in [-0.25, -0.2) is 8.78 Å². The first-order chi connectivity index (χ1) is 8.58. The van der Waals surface area contributed by atoms with E-state index in [1.54, 1.807) is 0 Å². The van der Waals surface area contributed by atoms with Gasteiger partial charge in [-0.1, -0.05) is 6.07 Å². The van der Waals surface area contributed by atoms with Gasteiger partial charge in [0.05, 0.1) is 11.5 Å². The van der Waals surface area contributed by atoms with Crippen LogP contribution in [0, 0.1) is 21.7 Å². The molecule has 0 amide bonds. The van der Waals surface area contributed by atoms with E-state index < -0.39 is 16.6 Å². The summed E-state index contributed by atoms with van der Waals surface area (Å²) >= 11 is 0. The topological polar surface area (TPSA) is 58.4 Å². The third-order valence-corrected chi connectivity index (χ3v) is 2.67. The minimum Gasteiger partial charge on any atom is -0.365 e. The van der Waals surface area contributed by atoms with E-state index in [2.05, 4.69) is 5.32 Å². The van der Waals surface area contributed by atoms with Crippen molar-refractivity contribution in [2.75, 3.05) is 13.1 Å². The molecule has 1 aromatic rings. The zero-order valence-corrected chi connectivity index (χ0v) is 9.40. The molecule has 5 nitrogen and oxygen atoms in total. The molecule has 0 saturated carbocycles. The fourth-order valence-corrected chi connectivity index (χ4v) is 1.82. The van der Waals surface area contributed by atoms with Crippen LogP contribution in [0.3, 0.4) is 0 Å². The highest BCUT2D eigenvalue weighted by Crippen LogP contribution is 2.18. The van der Waals surface area contributed by atoms with Crippen molar-refractivity contribution in [2.45, 2.75) is 6.54 Å². The fourth-order valence-electron chi connectivity index (χ4n) is 1.82. The largest absolute Gasteiger partial charge is 0.365 e. The second kappa shape index (κ2) is 4.99. The molecule has 0 spiro atoms. The van der Waals surface area contributed by atoms with Crippen LogP contribution in [0.2, 0.25) is 0 Å². The molecule has 1 fully saturated rings. The molecule has 0 aliphatic carbocycles. The molecule has 96 valence electrons. The van der Waals surface area contributed by atoms with Crippen LogP contribution >= 0.6 is 0 Å². The summed E-state index contributed by atoms with van der Waals surface area (Å²) in [6.45, 7) is 0.939. The highest BCUT2D eigenvalue weighted by molar-refractivity contribution is 5.20. The molecule has 0 radical (unpaired) electrons. The number of rotatable bonds is 3. The number of hydrogen-bond acceptors (Lipinski definition) is 4. The van der Waals surface area contributed by atoms with Crippen molar-refractivity contribution in [3.8, 4) is 0 Å². The maximum absolute atomic E-state index is 13.5. The quantitative estimate of drug-likeness (QED) is 0.656. The Kier molecular flexibility index (Phi) is 3.40. The molecule has 18 heavy (non-hydrogen) atoms. The molecular weight excluding hydrogens is 244 g/mol. The Balaban J connectivity index is 2.21. The van der Waals surface area contributed by atoms with E-state index in [-0.39, 0.29) is 17.9 Å². The zero-order chi connectivity index (χ0) is 13.1. The summed E-state index contributed by atoms with van der Waals surface area (Å²) in [7, 11) is 0. The molecule has 7 heteroatoms. The van der Waals surface area contributed by atoms with Gasteiger partial charge < -0.3 is 10.2 Å². The molecule has 1 aliphatic heterocycles. The predicted octanol–water partition coefficient (Wildman–Crippen LogP) is 1.45. The molecule has 2 rings (SSSR count). The molecule has 1 heterocycles. The van der Waals surface area contributed by atoms with Crippen LogP contribution in [0.25, 0.3) is 0 Å². The Hall–Kier alpha value is -2.18. The predicted molar refractivity (Wildman–Crippen MR) is 59.8 cm³/mol. The van der Waals surface area contributed by atoms with E-state index in [4.69, 9.17) is 0 Å². The fraction of sp³-hybridized carbons (Fsp3) is 0.273. The average Bonchev–Trinajstić information content (AvgIpc) is 2.70. The summed E-state index contributed by atoms with van der Waals surface area (Å²) in [5, 5.41) is 13.2. The van der Waals surface area contributed by atoms with Gasteiger partial charge in [0.1, 0.15) is 11.6 Å². The second-order valence-electron chi connectivity index (χ2n) is 3.85. The molecule has 0 aromatic heterocycles. The van der Waals surface area contributed by atoms with Gasteiger partial charge >= 0.3 is 0 Å². The van der Waals surface area contributed by atoms with Gasteiger partial charge in [0.2, 0.25) is 0 Å². The molecular formula is C11H11F2N3O2. The number of benzene rings is 1. The maximum Gasteiger partial charge on any atom is 0.274 e. The van der Waals surface area contributed by atoms with Gasteiger partial charge in [-0.05, 0) is 12.1 Å². The highest BCUT2D eigenvalue weighted by atomic mass is 19.1. The summed E-state index contributed by atoms with van der Waals surface area (Å²) < 4.78 is 26.9. The minimum atomic E-state index is -0.651. The van der Waals surface area contributed by atoms with E-state index in [0.717, 1.165) is 6.20 Å². The number of nitro groups is 1. The Morgan fingerprint density at radius 1 is 1.44 bits per heavy atom. The minimum absolute atomic E-state index is 0.0365. The third kappa shape index (κ3) is 2.55. The van der Waals surface area contributed by atoms with Gasteiger partial charge in [0.15, 0.2) is 5.82 Å². The summed E-state index contributed by atoms with van der Waals surface area (Å²) in [4.78, 5) is 11.3. The number of hydrogen-bond donors (Lipinski definition) is 1. The number of nitrogens with one attached hydrogen (secondary N) is 1. The Labute approximate surface area is 102 Å². The Morgan fingerprint density at radius 2 is 2.11 bits per heavy atom. The molecule has 1 aliphatic rings. The van der Waals surface area contributed by atoms with E-state index in [1.165, 1.54) is 23.1 Å². The molecule has 0 bridgehead atoms. The lowest BCUT2D eigenvalue weighted by Gasteiger charge is -2.17. The van der Waals surface area contributed by atoms with Gasteiger partial charge in [0, 0.05) is 18.7 Å². The highest BCUT2D eigenvalue weighted by Gasteiger charge is 2.22. The van der Waals surface area contributed by atoms with Crippen molar-refractivity contribution in [3.63, 3.8) is 0 Å². The van der Waals surface area contributed by atoms with Crippen molar-refractivity contribution >= 4 is 0 Å². The lowest BCUT2D eigenvalue weighted by atomic mass is 10.2. The Morgan fingerprint density at radius 3 is 2.72 bits per heavy atom. The summed E-state index contributed by atoms with van der Waals surface area (Å²) in [5.74, 6) is -1.03. The van der Waals surface area contributed by atoms with Crippen LogP contribution in [-0.4, -0.2) is 22.9 Å². The lowest BCUT2D eigenvalue weighted by Crippen LogP contribution is -2.22. The van der Waals surface area contributed by atoms with E-state index in [9.17, 15) is 18.9 Å². The van der Waals surface area contributed by atoms with Gasteiger partial charge in [0.25, 0.3) is 6.20 Å². The molecule has 0 atom stereocenters. The molecule has 1 saturated heterocycles. The van der Waals surface area contributed by atoms with Crippen LogP contribution in [0.1, 0.15) is 5.56 Å². The second-order valence-corrected chi connectivity index (χ2v) is 3.85. The van der Waals surface area contributed by atoms with Crippen molar-refractivity contribution in [3.05, 3.63) is 57.5 Å². The average molecular weight is 255 g/mol. The third-order valence-electron chi connectivity index (χ3n) is 2.67. The summed E-state index contributed by atoms with van der Waals surface area (Å²) in [5.41, 5.74) is -0.0875. The smallest absolute Gasteiger partial charge is 0.274 e. The molecule has 0 unspecified atom stereocenters. The van der Waals surface area contributed by atoms with Gasteiger partial charge in [-0.2, -0.15) is 0 Å². The van der Waals surface area contributed by atoms with Crippen molar-refractivity contribution in [1.29, 1.82) is 0 Å².